The second kappa shape index (κ2) is 8.96. The van der Waals surface area contributed by atoms with Crippen molar-refractivity contribution in [1.82, 2.24) is 15.5 Å². The Bertz CT molecular complexity index is 1240. The van der Waals surface area contributed by atoms with Gasteiger partial charge in [0.15, 0.2) is 0 Å². The number of hydrogen-bond acceptors (Lipinski definition) is 5. The number of aromatic nitrogens is 2. The van der Waals surface area contributed by atoms with Crippen molar-refractivity contribution in [2.45, 2.75) is 38.1 Å². The number of carbonyl (C=O) groups excluding carboxylic acids is 1. The zero-order chi connectivity index (χ0) is 22.1. The van der Waals surface area contributed by atoms with Crippen LogP contribution in [0.1, 0.15) is 43.3 Å². The van der Waals surface area contributed by atoms with Crippen molar-refractivity contribution >= 4 is 40.1 Å². The SMILES string of the molecule is O=C(NCc1cc2cc(Cl)ccc2o1)C1CCC(c2nnc(-c3ccc(Cl)cc3)o2)CC1. The van der Waals surface area contributed by atoms with Gasteiger partial charge in [0.1, 0.15) is 11.3 Å². The molecule has 164 valence electrons. The third kappa shape index (κ3) is 4.52. The van der Waals surface area contributed by atoms with Crippen LogP contribution in [0.2, 0.25) is 10.0 Å². The van der Waals surface area contributed by atoms with Crippen LogP contribution in [-0.2, 0) is 11.3 Å². The van der Waals surface area contributed by atoms with Gasteiger partial charge in [-0.3, -0.25) is 4.79 Å². The monoisotopic (exact) mass is 469 g/mol. The van der Waals surface area contributed by atoms with Gasteiger partial charge in [-0.25, -0.2) is 0 Å². The molecule has 8 heteroatoms. The summed E-state index contributed by atoms with van der Waals surface area (Å²) in [5, 5.41) is 13.7. The Morgan fingerprint density at radius 2 is 1.69 bits per heavy atom. The van der Waals surface area contributed by atoms with E-state index in [-0.39, 0.29) is 17.7 Å². The average Bonchev–Trinajstić information content (AvgIpc) is 3.45. The van der Waals surface area contributed by atoms with Crippen molar-refractivity contribution < 1.29 is 13.6 Å². The van der Waals surface area contributed by atoms with Gasteiger partial charge >= 0.3 is 0 Å². The van der Waals surface area contributed by atoms with Gasteiger partial charge in [-0.05, 0) is 74.2 Å². The number of halogens is 2. The summed E-state index contributed by atoms with van der Waals surface area (Å²) in [6, 6.07) is 14.7. The second-order valence-corrected chi connectivity index (χ2v) is 8.99. The number of fused-ring (bicyclic) bond motifs is 1. The molecule has 0 unspecified atom stereocenters. The van der Waals surface area contributed by atoms with E-state index in [1.807, 2.05) is 30.3 Å². The molecule has 6 nitrogen and oxygen atoms in total. The summed E-state index contributed by atoms with van der Waals surface area (Å²) < 4.78 is 11.7. The number of benzene rings is 2. The van der Waals surface area contributed by atoms with Crippen LogP contribution in [0.25, 0.3) is 22.4 Å². The highest BCUT2D eigenvalue weighted by atomic mass is 35.5. The van der Waals surface area contributed by atoms with Crippen molar-refractivity contribution in [2.24, 2.45) is 5.92 Å². The minimum Gasteiger partial charge on any atom is -0.459 e. The molecule has 0 aliphatic heterocycles. The van der Waals surface area contributed by atoms with E-state index in [4.69, 9.17) is 32.0 Å². The van der Waals surface area contributed by atoms with Gasteiger partial charge in [-0.1, -0.05) is 23.2 Å². The molecule has 5 rings (SSSR count). The first-order chi connectivity index (χ1) is 15.5. The topological polar surface area (TPSA) is 81.2 Å². The second-order valence-electron chi connectivity index (χ2n) is 8.11. The van der Waals surface area contributed by atoms with E-state index in [2.05, 4.69) is 15.5 Å². The summed E-state index contributed by atoms with van der Waals surface area (Å²) in [6.07, 6.45) is 3.24. The quantitative estimate of drug-likeness (QED) is 0.366. The molecule has 1 aliphatic rings. The molecule has 0 saturated heterocycles. The van der Waals surface area contributed by atoms with Crippen LogP contribution in [0.3, 0.4) is 0 Å². The van der Waals surface area contributed by atoms with Crippen LogP contribution in [0, 0.1) is 5.92 Å². The maximum Gasteiger partial charge on any atom is 0.247 e. The van der Waals surface area contributed by atoms with Gasteiger partial charge in [0.2, 0.25) is 17.7 Å². The Morgan fingerprint density at radius 1 is 0.938 bits per heavy atom. The molecular formula is C24H21Cl2N3O3. The van der Waals surface area contributed by atoms with E-state index in [0.29, 0.717) is 34.1 Å². The standard InChI is InChI=1S/C24H21Cl2N3O3/c25-18-7-5-16(6-8-18)24-29-28-23(32-24)15-3-1-14(2-4-15)22(30)27-13-20-12-17-11-19(26)9-10-21(17)31-20/h5-12,14-15H,1-4,13H2,(H,27,30). The van der Waals surface area contributed by atoms with Gasteiger partial charge in [-0.2, -0.15) is 0 Å². The fourth-order valence-corrected chi connectivity index (χ4v) is 4.49. The van der Waals surface area contributed by atoms with E-state index in [9.17, 15) is 4.79 Å². The lowest BCUT2D eigenvalue weighted by atomic mass is 9.81. The lowest BCUT2D eigenvalue weighted by Gasteiger charge is -2.25. The molecule has 32 heavy (non-hydrogen) atoms. The van der Waals surface area contributed by atoms with Gasteiger partial charge in [0.25, 0.3) is 0 Å². The summed E-state index contributed by atoms with van der Waals surface area (Å²) >= 11 is 12.0. The summed E-state index contributed by atoms with van der Waals surface area (Å²) in [7, 11) is 0. The minimum absolute atomic E-state index is 0.0243. The Labute approximate surface area is 194 Å². The zero-order valence-corrected chi connectivity index (χ0v) is 18.7. The molecule has 2 aromatic carbocycles. The maximum absolute atomic E-state index is 12.7. The molecule has 1 fully saturated rings. The fourth-order valence-electron chi connectivity index (χ4n) is 4.19. The summed E-state index contributed by atoms with van der Waals surface area (Å²) in [5.74, 6) is 2.04. The van der Waals surface area contributed by atoms with Crippen LogP contribution in [0.4, 0.5) is 0 Å². The van der Waals surface area contributed by atoms with Crippen molar-refractivity contribution in [1.29, 1.82) is 0 Å². The van der Waals surface area contributed by atoms with Crippen LogP contribution in [-0.4, -0.2) is 16.1 Å². The van der Waals surface area contributed by atoms with Gasteiger partial charge in [0, 0.05) is 32.8 Å². The van der Waals surface area contributed by atoms with Crippen LogP contribution >= 0.6 is 23.2 Å². The number of rotatable bonds is 5. The van der Waals surface area contributed by atoms with Crippen molar-refractivity contribution in [3.63, 3.8) is 0 Å². The summed E-state index contributed by atoms with van der Waals surface area (Å²) in [5.41, 5.74) is 1.60. The highest BCUT2D eigenvalue weighted by Gasteiger charge is 2.30. The van der Waals surface area contributed by atoms with Crippen LogP contribution in [0.5, 0.6) is 0 Å². The molecular weight excluding hydrogens is 449 g/mol. The molecule has 0 spiro atoms. The highest BCUT2D eigenvalue weighted by Crippen LogP contribution is 2.36. The van der Waals surface area contributed by atoms with Gasteiger partial charge < -0.3 is 14.2 Å². The molecule has 0 bridgehead atoms. The van der Waals surface area contributed by atoms with E-state index < -0.39 is 0 Å². The molecule has 2 heterocycles. The lowest BCUT2D eigenvalue weighted by Crippen LogP contribution is -2.32. The molecule has 1 N–H and O–H groups in total. The number of amides is 1. The van der Waals surface area contributed by atoms with Crippen LogP contribution < -0.4 is 5.32 Å². The molecule has 2 aromatic heterocycles. The number of nitrogens with one attached hydrogen (secondary N) is 1. The lowest BCUT2D eigenvalue weighted by molar-refractivity contribution is -0.126. The Kier molecular flexibility index (Phi) is 5.89. The molecule has 4 aromatic rings. The van der Waals surface area contributed by atoms with E-state index in [1.165, 1.54) is 0 Å². The Balaban J connectivity index is 1.15. The van der Waals surface area contributed by atoms with Gasteiger partial charge in [-0.15, -0.1) is 10.2 Å². The maximum atomic E-state index is 12.7. The number of hydrogen-bond donors (Lipinski definition) is 1. The predicted octanol–water partition coefficient (Wildman–Crippen LogP) is 6.38. The van der Waals surface area contributed by atoms with Crippen molar-refractivity contribution in [3.8, 4) is 11.5 Å². The third-order valence-electron chi connectivity index (χ3n) is 5.95. The zero-order valence-electron chi connectivity index (χ0n) is 17.2. The smallest absolute Gasteiger partial charge is 0.247 e. The van der Waals surface area contributed by atoms with Crippen LogP contribution in [0.15, 0.2) is 57.4 Å². The average molecular weight is 470 g/mol. The first-order valence-corrected chi connectivity index (χ1v) is 11.4. The molecule has 1 aliphatic carbocycles. The van der Waals surface area contributed by atoms with Crippen molar-refractivity contribution in [3.05, 3.63) is 70.2 Å². The largest absolute Gasteiger partial charge is 0.459 e. The summed E-state index contributed by atoms with van der Waals surface area (Å²) in [4.78, 5) is 12.7. The molecule has 1 saturated carbocycles. The van der Waals surface area contributed by atoms with E-state index in [1.54, 1.807) is 18.2 Å². The Morgan fingerprint density at radius 3 is 2.47 bits per heavy atom. The molecule has 1 amide bonds. The van der Waals surface area contributed by atoms with Gasteiger partial charge in [0.05, 0.1) is 6.54 Å². The van der Waals surface area contributed by atoms with E-state index in [0.717, 1.165) is 42.2 Å². The van der Waals surface area contributed by atoms with E-state index >= 15 is 0 Å². The first kappa shape index (κ1) is 21.0. The van der Waals surface area contributed by atoms with Crippen molar-refractivity contribution in [2.75, 3.05) is 0 Å². The first-order valence-electron chi connectivity index (χ1n) is 10.6. The highest BCUT2D eigenvalue weighted by molar-refractivity contribution is 6.31. The Hall–Kier alpha value is -2.83. The minimum atomic E-state index is -0.0243. The summed E-state index contributed by atoms with van der Waals surface area (Å²) in [6.45, 7) is 0.360. The molecule has 0 radical (unpaired) electrons. The number of furan rings is 1. The number of nitrogens with zero attached hydrogens (tertiary/aromatic N) is 2. The normalized spacial score (nSPS) is 18.7. The molecule has 0 atom stereocenters. The predicted molar refractivity (Wildman–Crippen MR) is 123 cm³/mol. The fraction of sp³-hybridized carbons (Fsp3) is 0.292. The number of carbonyl (C=O) groups is 1. The third-order valence-corrected chi connectivity index (χ3v) is 6.43.